The highest BCUT2D eigenvalue weighted by Gasteiger charge is 2.37. The van der Waals surface area contributed by atoms with Crippen molar-refractivity contribution in [1.82, 2.24) is 5.32 Å². The van der Waals surface area contributed by atoms with Crippen molar-refractivity contribution in [3.05, 3.63) is 105 Å². The summed E-state index contributed by atoms with van der Waals surface area (Å²) in [4.78, 5) is 49.3. The number of carbonyl (C=O) groups excluding carboxylic acids is 3. The molecule has 3 aromatic carbocycles. The van der Waals surface area contributed by atoms with E-state index >= 15 is 0 Å². The molecule has 0 bridgehead atoms. The van der Waals surface area contributed by atoms with E-state index in [0.717, 1.165) is 16.0 Å². The van der Waals surface area contributed by atoms with Crippen LogP contribution in [0.15, 0.2) is 72.3 Å². The second-order valence-corrected chi connectivity index (χ2v) is 8.03. The maximum Gasteiger partial charge on any atom is 0.335 e. The number of carbonyl (C=O) groups is 3. The van der Waals surface area contributed by atoms with Crippen LogP contribution in [0.2, 0.25) is 0 Å². The van der Waals surface area contributed by atoms with Crippen molar-refractivity contribution >= 4 is 35.3 Å². The van der Waals surface area contributed by atoms with Crippen LogP contribution < -0.4 is 15.0 Å². The van der Waals surface area contributed by atoms with E-state index in [1.807, 2.05) is 13.0 Å². The molecule has 9 heteroatoms. The molecule has 1 aliphatic rings. The quantitative estimate of drug-likeness (QED) is 0.245. The third-order valence-electron chi connectivity index (χ3n) is 5.41. The van der Waals surface area contributed by atoms with Gasteiger partial charge in [-0.05, 0) is 54.8 Å². The number of hydrogen-bond donors (Lipinski definition) is 1. The molecule has 0 aliphatic carbocycles. The Balaban J connectivity index is 1.51. The zero-order chi connectivity index (χ0) is 25.1. The molecule has 1 heterocycles. The number of aryl methyl sites for hydroxylation is 2. The van der Waals surface area contributed by atoms with Crippen molar-refractivity contribution in [2.75, 3.05) is 4.90 Å². The van der Waals surface area contributed by atoms with Gasteiger partial charge in [-0.1, -0.05) is 42.0 Å². The molecule has 176 valence electrons. The number of nitrogens with zero attached hydrogens (tertiary/aromatic N) is 2. The van der Waals surface area contributed by atoms with Gasteiger partial charge in [0.05, 0.1) is 10.6 Å². The highest BCUT2D eigenvalue weighted by Crippen LogP contribution is 2.26. The van der Waals surface area contributed by atoms with Gasteiger partial charge in [0, 0.05) is 12.1 Å². The van der Waals surface area contributed by atoms with Gasteiger partial charge in [0.25, 0.3) is 17.5 Å². The number of imide groups is 2. The zero-order valence-electron chi connectivity index (χ0n) is 19.0. The number of nitro groups is 1. The summed E-state index contributed by atoms with van der Waals surface area (Å²) in [6.45, 7) is 3.83. The van der Waals surface area contributed by atoms with Crippen molar-refractivity contribution in [2.45, 2.75) is 20.5 Å². The molecular formula is C26H21N3O6. The number of hydrogen-bond acceptors (Lipinski definition) is 6. The van der Waals surface area contributed by atoms with Crippen molar-refractivity contribution in [1.29, 1.82) is 0 Å². The van der Waals surface area contributed by atoms with Crippen LogP contribution in [-0.4, -0.2) is 22.8 Å². The molecule has 1 aliphatic heterocycles. The lowest BCUT2D eigenvalue weighted by Gasteiger charge is -2.27. The van der Waals surface area contributed by atoms with Crippen LogP contribution in [-0.2, 0) is 16.2 Å². The van der Waals surface area contributed by atoms with Gasteiger partial charge in [-0.25, -0.2) is 9.69 Å². The van der Waals surface area contributed by atoms with Gasteiger partial charge in [0.15, 0.2) is 0 Å². The van der Waals surface area contributed by atoms with E-state index < -0.39 is 22.8 Å². The smallest absolute Gasteiger partial charge is 0.335 e. The van der Waals surface area contributed by atoms with Gasteiger partial charge in [0.2, 0.25) is 0 Å². The Labute approximate surface area is 200 Å². The molecule has 4 amide bonds. The number of barbiturate groups is 1. The summed E-state index contributed by atoms with van der Waals surface area (Å²) in [7, 11) is 0. The molecule has 0 unspecified atom stereocenters. The number of urea groups is 1. The fourth-order valence-electron chi connectivity index (χ4n) is 3.69. The van der Waals surface area contributed by atoms with Crippen molar-refractivity contribution in [2.24, 2.45) is 0 Å². The molecule has 1 fully saturated rings. The van der Waals surface area contributed by atoms with Crippen LogP contribution in [0, 0.1) is 24.0 Å². The summed E-state index contributed by atoms with van der Waals surface area (Å²) in [6.07, 6.45) is 1.41. The molecular weight excluding hydrogens is 450 g/mol. The SMILES string of the molecule is Cc1ccc(N2C(=O)NC(=O)/C(=C\c3ccc(OCc4cccc([N+](=O)[O-])c4)cc3)C2=O)c(C)c1. The lowest BCUT2D eigenvalue weighted by atomic mass is 10.0. The number of nitrogens with one attached hydrogen (secondary N) is 1. The standard InChI is InChI=1S/C26H21N3O6/c1-16-6-11-23(17(2)12-16)28-25(31)22(24(30)27-26(28)32)14-18-7-9-21(10-8-18)35-15-19-4-3-5-20(13-19)29(33)34/h3-14H,15H2,1-2H3,(H,27,30,32)/b22-14+. The number of non-ortho nitro benzene ring substituents is 1. The lowest BCUT2D eigenvalue weighted by molar-refractivity contribution is -0.384. The summed E-state index contributed by atoms with van der Waals surface area (Å²) in [5, 5.41) is 13.1. The number of ether oxygens (including phenoxy) is 1. The predicted octanol–water partition coefficient (Wildman–Crippen LogP) is 4.46. The molecule has 0 saturated carbocycles. The normalized spacial score (nSPS) is 14.7. The third kappa shape index (κ3) is 5.09. The molecule has 0 radical (unpaired) electrons. The van der Waals surface area contributed by atoms with Crippen molar-refractivity contribution in [3.63, 3.8) is 0 Å². The van der Waals surface area contributed by atoms with E-state index in [9.17, 15) is 24.5 Å². The summed E-state index contributed by atoms with van der Waals surface area (Å²) in [5.41, 5.74) is 3.13. The zero-order valence-corrected chi connectivity index (χ0v) is 19.0. The Hall–Kier alpha value is -4.79. The van der Waals surface area contributed by atoms with E-state index in [1.54, 1.807) is 55.5 Å². The highest BCUT2D eigenvalue weighted by molar-refractivity contribution is 6.39. The van der Waals surface area contributed by atoms with Gasteiger partial charge in [-0.2, -0.15) is 0 Å². The lowest BCUT2D eigenvalue weighted by Crippen LogP contribution is -2.54. The van der Waals surface area contributed by atoms with Crippen molar-refractivity contribution < 1.29 is 24.0 Å². The van der Waals surface area contributed by atoms with Gasteiger partial charge in [0.1, 0.15) is 17.9 Å². The minimum absolute atomic E-state index is 0.0168. The first-order valence-corrected chi connectivity index (χ1v) is 10.7. The Bertz CT molecular complexity index is 1380. The van der Waals surface area contributed by atoms with Gasteiger partial charge < -0.3 is 4.74 Å². The van der Waals surface area contributed by atoms with E-state index in [0.29, 0.717) is 22.6 Å². The first kappa shape index (κ1) is 23.4. The summed E-state index contributed by atoms with van der Waals surface area (Å²) >= 11 is 0. The second-order valence-electron chi connectivity index (χ2n) is 8.03. The maximum atomic E-state index is 13.1. The maximum absolute atomic E-state index is 13.1. The number of rotatable bonds is 6. The molecule has 1 saturated heterocycles. The second kappa shape index (κ2) is 9.60. The monoisotopic (exact) mass is 471 g/mol. The molecule has 1 N–H and O–H groups in total. The van der Waals surface area contributed by atoms with Crippen LogP contribution in [0.4, 0.5) is 16.2 Å². The largest absolute Gasteiger partial charge is 0.489 e. The minimum atomic E-state index is -0.797. The van der Waals surface area contributed by atoms with E-state index in [4.69, 9.17) is 4.74 Å². The van der Waals surface area contributed by atoms with E-state index in [2.05, 4.69) is 5.32 Å². The fraction of sp³-hybridized carbons (Fsp3) is 0.115. The number of nitro benzene ring substituents is 1. The van der Waals surface area contributed by atoms with Crippen LogP contribution >= 0.6 is 0 Å². The average molecular weight is 471 g/mol. The van der Waals surface area contributed by atoms with Gasteiger partial charge in [-0.15, -0.1) is 0 Å². The van der Waals surface area contributed by atoms with Gasteiger partial charge in [-0.3, -0.25) is 25.0 Å². The third-order valence-corrected chi connectivity index (χ3v) is 5.41. The molecule has 0 atom stereocenters. The molecule has 0 spiro atoms. The summed E-state index contributed by atoms with van der Waals surface area (Å²) < 4.78 is 5.68. The van der Waals surface area contributed by atoms with E-state index in [1.165, 1.54) is 18.2 Å². The Morgan fingerprint density at radius 3 is 2.43 bits per heavy atom. The Kier molecular flexibility index (Phi) is 6.41. The molecule has 35 heavy (non-hydrogen) atoms. The summed E-state index contributed by atoms with van der Waals surface area (Å²) in [5.74, 6) is -0.978. The topological polar surface area (TPSA) is 119 Å². The highest BCUT2D eigenvalue weighted by atomic mass is 16.6. The molecule has 0 aromatic heterocycles. The Morgan fingerprint density at radius 1 is 1.00 bits per heavy atom. The fourth-order valence-corrected chi connectivity index (χ4v) is 3.69. The molecule has 9 nitrogen and oxygen atoms in total. The number of benzene rings is 3. The van der Waals surface area contributed by atoms with Crippen LogP contribution in [0.5, 0.6) is 5.75 Å². The van der Waals surface area contributed by atoms with Crippen LogP contribution in [0.1, 0.15) is 22.3 Å². The number of amides is 4. The van der Waals surface area contributed by atoms with Crippen LogP contribution in [0.3, 0.4) is 0 Å². The minimum Gasteiger partial charge on any atom is -0.489 e. The van der Waals surface area contributed by atoms with Gasteiger partial charge >= 0.3 is 6.03 Å². The molecule has 3 aromatic rings. The van der Waals surface area contributed by atoms with E-state index in [-0.39, 0.29) is 17.9 Å². The number of anilines is 1. The summed E-state index contributed by atoms with van der Waals surface area (Å²) in [6, 6.07) is 17.3. The van der Waals surface area contributed by atoms with Crippen LogP contribution in [0.25, 0.3) is 6.08 Å². The average Bonchev–Trinajstić information content (AvgIpc) is 2.82. The first-order chi connectivity index (χ1) is 16.7. The van der Waals surface area contributed by atoms with Crippen molar-refractivity contribution in [3.8, 4) is 5.75 Å². The predicted molar refractivity (Wildman–Crippen MR) is 129 cm³/mol. The first-order valence-electron chi connectivity index (χ1n) is 10.7. The Morgan fingerprint density at radius 2 is 1.74 bits per heavy atom. The molecule has 4 rings (SSSR count).